The third kappa shape index (κ3) is 5.51. The van der Waals surface area contributed by atoms with Gasteiger partial charge in [0.15, 0.2) is 0 Å². The summed E-state index contributed by atoms with van der Waals surface area (Å²) >= 11 is 0. The average Bonchev–Trinajstić information content (AvgIpc) is 2.58. The lowest BCUT2D eigenvalue weighted by atomic mass is 9.84. The molecule has 0 aliphatic heterocycles. The minimum Gasteiger partial charge on any atom is -0.494 e. The monoisotopic (exact) mass is 300 g/mol. The van der Waals surface area contributed by atoms with Crippen LogP contribution >= 0.6 is 0 Å². The van der Waals surface area contributed by atoms with Crippen molar-refractivity contribution in [3.8, 4) is 5.75 Å². The first-order valence-electron chi connectivity index (χ1n) is 9.24. The van der Waals surface area contributed by atoms with Crippen molar-refractivity contribution in [2.75, 3.05) is 6.61 Å². The zero-order valence-corrected chi connectivity index (χ0v) is 14.4. The van der Waals surface area contributed by atoms with Crippen molar-refractivity contribution in [3.63, 3.8) is 0 Å². The third-order valence-corrected chi connectivity index (χ3v) is 4.62. The molecule has 1 aromatic carbocycles. The van der Waals surface area contributed by atoms with Crippen molar-refractivity contribution in [1.82, 2.24) is 0 Å². The molecule has 1 heteroatoms. The van der Waals surface area contributed by atoms with Crippen LogP contribution in [-0.4, -0.2) is 6.61 Å². The van der Waals surface area contributed by atoms with E-state index in [1.807, 2.05) is 0 Å². The van der Waals surface area contributed by atoms with Crippen molar-refractivity contribution in [1.29, 1.82) is 0 Å². The number of ether oxygens (including phenoxy) is 1. The highest BCUT2D eigenvalue weighted by atomic mass is 16.5. The molecule has 2 rings (SSSR count). The van der Waals surface area contributed by atoms with Gasteiger partial charge in [0.2, 0.25) is 0 Å². The maximum Gasteiger partial charge on any atom is 0.119 e. The summed E-state index contributed by atoms with van der Waals surface area (Å²) in [6.07, 6.45) is 14.1. The molecule has 1 unspecified atom stereocenters. The fraction of sp³-hybridized carbons (Fsp3) is 0.619. The van der Waals surface area contributed by atoms with Crippen molar-refractivity contribution in [2.45, 2.75) is 77.6 Å². The van der Waals surface area contributed by atoms with Gasteiger partial charge in [-0.1, -0.05) is 50.5 Å². The summed E-state index contributed by atoms with van der Waals surface area (Å²) in [7, 11) is 0. The molecule has 0 fully saturated rings. The van der Waals surface area contributed by atoms with Gasteiger partial charge in [-0.3, -0.25) is 0 Å². The van der Waals surface area contributed by atoms with Crippen LogP contribution in [0.3, 0.4) is 0 Å². The van der Waals surface area contributed by atoms with E-state index in [1.54, 1.807) is 5.57 Å². The zero-order chi connectivity index (χ0) is 15.6. The van der Waals surface area contributed by atoms with Crippen LogP contribution in [0.5, 0.6) is 5.75 Å². The maximum absolute atomic E-state index is 5.71. The lowest BCUT2D eigenvalue weighted by molar-refractivity contribution is 0.317. The Labute approximate surface area is 136 Å². The molecule has 1 atom stereocenters. The Morgan fingerprint density at radius 1 is 1.05 bits per heavy atom. The van der Waals surface area contributed by atoms with E-state index in [0.29, 0.717) is 5.92 Å². The number of benzene rings is 1. The highest BCUT2D eigenvalue weighted by Gasteiger charge is 2.15. The van der Waals surface area contributed by atoms with Crippen molar-refractivity contribution >= 4 is 0 Å². The van der Waals surface area contributed by atoms with Crippen molar-refractivity contribution < 1.29 is 4.74 Å². The van der Waals surface area contributed by atoms with Gasteiger partial charge >= 0.3 is 0 Å². The molecule has 0 bridgehead atoms. The lowest BCUT2D eigenvalue weighted by Gasteiger charge is -2.21. The molecule has 0 N–H and O–H groups in total. The normalized spacial score (nSPS) is 16.2. The molecule has 0 radical (unpaired) electrons. The molecule has 122 valence electrons. The number of unbranched alkanes of at least 4 members (excludes halogenated alkanes) is 1. The van der Waals surface area contributed by atoms with Gasteiger partial charge in [-0.05, 0) is 68.6 Å². The molecule has 0 saturated heterocycles. The lowest BCUT2D eigenvalue weighted by Crippen LogP contribution is -2.03. The van der Waals surface area contributed by atoms with E-state index in [4.69, 9.17) is 4.74 Å². The molecule has 1 nitrogen and oxygen atoms in total. The van der Waals surface area contributed by atoms with E-state index >= 15 is 0 Å². The van der Waals surface area contributed by atoms with Gasteiger partial charge in [0.1, 0.15) is 5.75 Å². The highest BCUT2D eigenvalue weighted by Crippen LogP contribution is 2.33. The molecule has 0 amide bonds. The third-order valence-electron chi connectivity index (χ3n) is 4.62. The Morgan fingerprint density at radius 2 is 1.86 bits per heavy atom. The Bertz CT molecular complexity index is 443. The van der Waals surface area contributed by atoms with Crippen molar-refractivity contribution in [2.24, 2.45) is 0 Å². The first-order valence-corrected chi connectivity index (χ1v) is 9.24. The minimum atomic E-state index is 0.685. The van der Waals surface area contributed by atoms with Crippen molar-refractivity contribution in [3.05, 3.63) is 41.5 Å². The quantitative estimate of drug-likeness (QED) is 0.464. The summed E-state index contributed by atoms with van der Waals surface area (Å²) in [5, 5.41) is 0. The smallest absolute Gasteiger partial charge is 0.119 e. The summed E-state index contributed by atoms with van der Waals surface area (Å²) in [6, 6.07) is 8.88. The van der Waals surface area contributed by atoms with E-state index in [0.717, 1.165) is 18.8 Å². The molecule has 1 aliphatic rings. The first kappa shape index (κ1) is 17.1. The summed E-state index contributed by atoms with van der Waals surface area (Å²) < 4.78 is 5.71. The molecule has 0 spiro atoms. The van der Waals surface area contributed by atoms with Crippen LogP contribution in [0.1, 0.15) is 83.1 Å². The van der Waals surface area contributed by atoms with Crippen LogP contribution in [0.2, 0.25) is 0 Å². The summed E-state index contributed by atoms with van der Waals surface area (Å²) in [5.41, 5.74) is 3.18. The molecule has 0 heterocycles. The molecule has 0 saturated carbocycles. The Kier molecular flexibility index (Phi) is 7.56. The number of hydrogen-bond donors (Lipinski definition) is 0. The molecular formula is C21H32O. The predicted molar refractivity (Wildman–Crippen MR) is 95.7 cm³/mol. The summed E-state index contributed by atoms with van der Waals surface area (Å²) in [5.74, 6) is 1.70. The minimum absolute atomic E-state index is 0.685. The zero-order valence-electron chi connectivity index (χ0n) is 14.4. The van der Waals surface area contributed by atoms with Crippen LogP contribution < -0.4 is 4.74 Å². The second kappa shape index (κ2) is 9.71. The number of allylic oxidation sites excluding steroid dienone is 2. The second-order valence-electron chi connectivity index (χ2n) is 6.57. The van der Waals surface area contributed by atoms with E-state index in [9.17, 15) is 0 Å². The Balaban J connectivity index is 2.01. The highest BCUT2D eigenvalue weighted by molar-refractivity contribution is 5.30. The largest absolute Gasteiger partial charge is 0.494 e. The van der Waals surface area contributed by atoms with E-state index < -0.39 is 0 Å². The first-order chi connectivity index (χ1) is 10.8. The maximum atomic E-state index is 5.71. The predicted octanol–water partition coefficient (Wildman–Crippen LogP) is 6.64. The summed E-state index contributed by atoms with van der Waals surface area (Å²) in [6.45, 7) is 5.25. The van der Waals surface area contributed by atoms with Gasteiger partial charge in [0.25, 0.3) is 0 Å². The topological polar surface area (TPSA) is 9.23 Å². The van der Waals surface area contributed by atoms with E-state index in [1.165, 1.54) is 56.9 Å². The van der Waals surface area contributed by atoms with Gasteiger partial charge < -0.3 is 4.74 Å². The molecule has 22 heavy (non-hydrogen) atoms. The van der Waals surface area contributed by atoms with Gasteiger partial charge in [-0.15, -0.1) is 0 Å². The molecule has 0 aromatic heterocycles. The van der Waals surface area contributed by atoms with Crippen LogP contribution in [0, 0.1) is 0 Å². The number of rotatable bonds is 9. The Hall–Kier alpha value is -1.24. The fourth-order valence-corrected chi connectivity index (χ4v) is 3.30. The average molecular weight is 300 g/mol. The SMILES string of the molecule is CCCCC(CC1=CCCCC1)c1ccc(OCCC)cc1. The van der Waals surface area contributed by atoms with Gasteiger partial charge in [-0.25, -0.2) is 0 Å². The Morgan fingerprint density at radius 3 is 2.50 bits per heavy atom. The van der Waals surface area contributed by atoms with Crippen LogP contribution in [0.15, 0.2) is 35.9 Å². The van der Waals surface area contributed by atoms with Crippen LogP contribution in [0.25, 0.3) is 0 Å². The molecule has 1 aromatic rings. The van der Waals surface area contributed by atoms with Crippen LogP contribution in [0.4, 0.5) is 0 Å². The summed E-state index contributed by atoms with van der Waals surface area (Å²) in [4.78, 5) is 0. The van der Waals surface area contributed by atoms with Gasteiger partial charge in [0, 0.05) is 0 Å². The second-order valence-corrected chi connectivity index (χ2v) is 6.57. The van der Waals surface area contributed by atoms with Gasteiger partial charge in [-0.2, -0.15) is 0 Å². The molecular weight excluding hydrogens is 268 g/mol. The molecule has 1 aliphatic carbocycles. The van der Waals surface area contributed by atoms with E-state index in [-0.39, 0.29) is 0 Å². The number of hydrogen-bond acceptors (Lipinski definition) is 1. The van der Waals surface area contributed by atoms with Crippen LogP contribution in [-0.2, 0) is 0 Å². The fourth-order valence-electron chi connectivity index (χ4n) is 3.30. The standard InChI is InChI=1S/C21H32O/c1-3-5-11-20(17-18-9-7-6-8-10-18)19-12-14-21(15-13-19)22-16-4-2/h9,12-15,20H,3-8,10-11,16-17H2,1-2H3. The van der Waals surface area contributed by atoms with Gasteiger partial charge in [0.05, 0.1) is 6.61 Å². The van der Waals surface area contributed by atoms with E-state index in [2.05, 4.69) is 44.2 Å².